The molecule has 2 atom stereocenters. The van der Waals surface area contributed by atoms with Gasteiger partial charge in [-0.15, -0.1) is 11.3 Å². The molecule has 9 heteroatoms. The third-order valence-corrected chi connectivity index (χ3v) is 7.08. The molecule has 1 aromatic carbocycles. The highest BCUT2D eigenvalue weighted by Gasteiger charge is 2.37. The number of piperidine rings is 1. The topological polar surface area (TPSA) is 101 Å². The van der Waals surface area contributed by atoms with E-state index in [1.54, 1.807) is 17.2 Å². The number of pyridine rings is 1. The highest BCUT2D eigenvalue weighted by molar-refractivity contribution is 7.09. The van der Waals surface area contributed by atoms with Crippen LogP contribution in [0, 0.1) is 12.8 Å². The molecular formula is C25H25N5O3S. The number of nitrogens with zero attached hydrogens (tertiary/aromatic N) is 4. The summed E-state index contributed by atoms with van der Waals surface area (Å²) in [6.07, 6.45) is 3.28. The number of fused-ring (bicyclic) bond motifs is 1. The third-order valence-electron chi connectivity index (χ3n) is 6.24. The number of benzene rings is 1. The van der Waals surface area contributed by atoms with E-state index in [0.717, 1.165) is 34.8 Å². The van der Waals surface area contributed by atoms with Gasteiger partial charge in [-0.05, 0) is 51.0 Å². The zero-order valence-corrected chi connectivity index (χ0v) is 19.8. The zero-order valence-electron chi connectivity index (χ0n) is 19.0. The molecule has 1 aliphatic rings. The third kappa shape index (κ3) is 4.43. The molecule has 1 aliphatic heterocycles. The van der Waals surface area contributed by atoms with Gasteiger partial charge in [0.15, 0.2) is 5.58 Å². The van der Waals surface area contributed by atoms with Crippen LogP contribution < -0.4 is 5.32 Å². The molecule has 34 heavy (non-hydrogen) atoms. The van der Waals surface area contributed by atoms with Gasteiger partial charge >= 0.3 is 5.91 Å². The van der Waals surface area contributed by atoms with E-state index in [1.165, 1.54) is 11.3 Å². The van der Waals surface area contributed by atoms with Crippen molar-refractivity contribution in [3.8, 4) is 11.3 Å². The van der Waals surface area contributed by atoms with Crippen LogP contribution in [-0.2, 0) is 11.3 Å². The molecule has 0 bridgehead atoms. The SMILES string of the molecule is Cc1ccc(-c2csc(CNC(=O)[C@H]3CCCN(C(=O)c4nc5ccccc5o4)[C@H]3C)n2)cn1. The minimum absolute atomic E-state index is 0.0648. The van der Waals surface area contributed by atoms with Gasteiger partial charge in [0.1, 0.15) is 10.5 Å². The first-order valence-corrected chi connectivity index (χ1v) is 12.2. The monoisotopic (exact) mass is 475 g/mol. The van der Waals surface area contributed by atoms with Gasteiger partial charge in [-0.2, -0.15) is 0 Å². The average Bonchev–Trinajstić information content (AvgIpc) is 3.50. The molecule has 0 aliphatic carbocycles. The quantitative estimate of drug-likeness (QED) is 0.464. The second-order valence-corrected chi connectivity index (χ2v) is 9.45. The number of aryl methyl sites for hydroxylation is 1. The lowest BCUT2D eigenvalue weighted by atomic mass is 9.89. The zero-order chi connectivity index (χ0) is 23.7. The van der Waals surface area contributed by atoms with Gasteiger partial charge in [0.05, 0.1) is 18.2 Å². The molecule has 4 heterocycles. The van der Waals surface area contributed by atoms with Gasteiger partial charge in [-0.1, -0.05) is 12.1 Å². The highest BCUT2D eigenvalue weighted by Crippen LogP contribution is 2.27. The Labute approximate surface area is 201 Å². The number of thiazole rings is 1. The number of likely N-dealkylation sites (tertiary alicyclic amines) is 1. The lowest BCUT2D eigenvalue weighted by Gasteiger charge is -2.37. The summed E-state index contributed by atoms with van der Waals surface area (Å²) in [4.78, 5) is 41.1. The first-order chi connectivity index (χ1) is 16.5. The van der Waals surface area contributed by atoms with Crippen molar-refractivity contribution < 1.29 is 14.0 Å². The summed E-state index contributed by atoms with van der Waals surface area (Å²) in [5, 5.41) is 5.81. The van der Waals surface area contributed by atoms with E-state index < -0.39 is 0 Å². The van der Waals surface area contributed by atoms with Crippen LogP contribution in [0.4, 0.5) is 0 Å². The van der Waals surface area contributed by atoms with E-state index in [1.807, 2.05) is 49.6 Å². The van der Waals surface area contributed by atoms with Gasteiger partial charge in [-0.25, -0.2) is 9.97 Å². The summed E-state index contributed by atoms with van der Waals surface area (Å²) in [5.74, 6) is -0.591. The summed E-state index contributed by atoms with van der Waals surface area (Å²) in [7, 11) is 0. The van der Waals surface area contributed by atoms with E-state index in [0.29, 0.717) is 24.2 Å². The van der Waals surface area contributed by atoms with Gasteiger partial charge in [0.2, 0.25) is 5.91 Å². The van der Waals surface area contributed by atoms with E-state index in [2.05, 4.69) is 20.3 Å². The molecule has 1 fully saturated rings. The number of para-hydroxylation sites is 2. The van der Waals surface area contributed by atoms with Crippen molar-refractivity contribution in [2.45, 2.75) is 39.3 Å². The predicted molar refractivity (Wildman–Crippen MR) is 129 cm³/mol. The molecule has 4 aromatic rings. The van der Waals surface area contributed by atoms with Crippen molar-refractivity contribution in [1.82, 2.24) is 25.2 Å². The second kappa shape index (κ2) is 9.34. The first kappa shape index (κ1) is 22.2. The fourth-order valence-corrected chi connectivity index (χ4v) is 5.05. The fraction of sp³-hybridized carbons (Fsp3) is 0.320. The number of amides is 2. The maximum Gasteiger partial charge on any atom is 0.310 e. The fourth-order valence-electron chi connectivity index (χ4n) is 4.30. The normalized spacial score (nSPS) is 18.2. The van der Waals surface area contributed by atoms with Crippen LogP contribution in [-0.4, -0.2) is 44.3 Å². The summed E-state index contributed by atoms with van der Waals surface area (Å²) in [6, 6.07) is 11.0. The molecule has 5 rings (SSSR count). The Morgan fingerprint density at radius 3 is 2.85 bits per heavy atom. The van der Waals surface area contributed by atoms with Crippen molar-refractivity contribution >= 4 is 34.3 Å². The lowest BCUT2D eigenvalue weighted by Crippen LogP contribution is -2.51. The van der Waals surface area contributed by atoms with Crippen molar-refractivity contribution in [1.29, 1.82) is 0 Å². The van der Waals surface area contributed by atoms with Gasteiger partial charge in [0.25, 0.3) is 5.89 Å². The van der Waals surface area contributed by atoms with Crippen LogP contribution in [0.3, 0.4) is 0 Å². The molecule has 3 aromatic heterocycles. The average molecular weight is 476 g/mol. The van der Waals surface area contributed by atoms with E-state index in [9.17, 15) is 9.59 Å². The Balaban J connectivity index is 1.22. The molecule has 174 valence electrons. The van der Waals surface area contributed by atoms with E-state index >= 15 is 0 Å². The number of hydrogen-bond acceptors (Lipinski definition) is 7. The number of carbonyl (C=O) groups excluding carboxylic acids is 2. The smallest absolute Gasteiger partial charge is 0.310 e. The van der Waals surface area contributed by atoms with Gasteiger partial charge in [0, 0.05) is 35.4 Å². The minimum Gasteiger partial charge on any atom is -0.432 e. The molecule has 0 spiro atoms. The van der Waals surface area contributed by atoms with E-state index in [4.69, 9.17) is 4.42 Å². The molecular weight excluding hydrogens is 450 g/mol. The molecule has 1 N–H and O–H groups in total. The molecule has 1 saturated heterocycles. The number of rotatable bonds is 5. The molecule has 8 nitrogen and oxygen atoms in total. The van der Waals surface area contributed by atoms with Crippen molar-refractivity contribution in [2.75, 3.05) is 6.54 Å². The highest BCUT2D eigenvalue weighted by atomic mass is 32.1. The van der Waals surface area contributed by atoms with Crippen molar-refractivity contribution in [3.05, 3.63) is 64.6 Å². The lowest BCUT2D eigenvalue weighted by molar-refractivity contribution is -0.128. The summed E-state index contributed by atoms with van der Waals surface area (Å²) in [5.41, 5.74) is 3.98. The van der Waals surface area contributed by atoms with Crippen LogP contribution in [0.25, 0.3) is 22.4 Å². The summed E-state index contributed by atoms with van der Waals surface area (Å²) in [6.45, 7) is 4.78. The van der Waals surface area contributed by atoms with Crippen LogP contribution in [0.1, 0.15) is 41.2 Å². The maximum absolute atomic E-state index is 13.1. The van der Waals surface area contributed by atoms with Crippen molar-refractivity contribution in [2.24, 2.45) is 5.92 Å². The van der Waals surface area contributed by atoms with Crippen LogP contribution in [0.15, 0.2) is 52.4 Å². The van der Waals surface area contributed by atoms with Crippen LogP contribution in [0.2, 0.25) is 0 Å². The number of aromatic nitrogens is 3. The second-order valence-electron chi connectivity index (χ2n) is 8.51. The van der Waals surface area contributed by atoms with Gasteiger partial charge in [-0.3, -0.25) is 14.6 Å². The standard InChI is InChI=1S/C25H25N5O3S/c1-15-9-10-17(12-26-15)20-14-34-22(28-20)13-27-23(31)18-6-5-11-30(16(18)2)25(32)24-29-19-7-3-4-8-21(19)33-24/h3-4,7-10,12,14,16,18H,5-6,11,13H2,1-2H3,(H,27,31)/t16-,18-/m0/s1. The Morgan fingerprint density at radius 1 is 1.21 bits per heavy atom. The predicted octanol–water partition coefficient (Wildman–Crippen LogP) is 4.21. The Hall–Kier alpha value is -3.59. The number of hydrogen-bond donors (Lipinski definition) is 1. The molecule has 2 amide bonds. The maximum atomic E-state index is 13.1. The summed E-state index contributed by atoms with van der Waals surface area (Å²) >= 11 is 1.50. The minimum atomic E-state index is -0.303. The molecule has 0 saturated carbocycles. The Kier molecular flexibility index (Phi) is 6.10. The number of carbonyl (C=O) groups is 2. The number of oxazole rings is 1. The number of nitrogens with one attached hydrogen (secondary N) is 1. The van der Waals surface area contributed by atoms with Crippen molar-refractivity contribution in [3.63, 3.8) is 0 Å². The molecule has 0 unspecified atom stereocenters. The Bertz CT molecular complexity index is 1300. The van der Waals surface area contributed by atoms with Crippen LogP contribution >= 0.6 is 11.3 Å². The Morgan fingerprint density at radius 2 is 2.06 bits per heavy atom. The van der Waals surface area contributed by atoms with E-state index in [-0.39, 0.29) is 29.7 Å². The largest absolute Gasteiger partial charge is 0.432 e. The first-order valence-electron chi connectivity index (χ1n) is 11.3. The summed E-state index contributed by atoms with van der Waals surface area (Å²) < 4.78 is 5.66. The molecule has 0 radical (unpaired) electrons. The van der Waals surface area contributed by atoms with Gasteiger partial charge < -0.3 is 14.6 Å². The van der Waals surface area contributed by atoms with Crippen LogP contribution in [0.5, 0.6) is 0 Å².